The summed E-state index contributed by atoms with van der Waals surface area (Å²) in [6, 6.07) is 9.50. The van der Waals surface area contributed by atoms with E-state index in [0.717, 1.165) is 21.6 Å². The van der Waals surface area contributed by atoms with E-state index in [4.69, 9.17) is 0 Å². The van der Waals surface area contributed by atoms with E-state index in [-0.39, 0.29) is 11.7 Å². The Hall–Kier alpha value is -1.96. The van der Waals surface area contributed by atoms with E-state index < -0.39 is 0 Å². The van der Waals surface area contributed by atoms with Gasteiger partial charge in [0.1, 0.15) is 11.6 Å². The minimum atomic E-state index is -0.189. The third-order valence-corrected chi connectivity index (χ3v) is 5.94. The Labute approximate surface area is 164 Å². The molecule has 3 heterocycles. The lowest BCUT2D eigenvalue weighted by atomic mass is 10.0. The van der Waals surface area contributed by atoms with Crippen LogP contribution in [-0.4, -0.2) is 16.0 Å². The van der Waals surface area contributed by atoms with E-state index in [9.17, 15) is 9.90 Å². The molecule has 1 aromatic carbocycles. The van der Waals surface area contributed by atoms with Crippen LogP contribution in [0.1, 0.15) is 11.1 Å². The minimum Gasteiger partial charge on any atom is -0.506 e. The van der Waals surface area contributed by atoms with E-state index in [2.05, 4.69) is 42.2 Å². The number of halogens is 2. The first kappa shape index (κ1) is 16.5. The summed E-state index contributed by atoms with van der Waals surface area (Å²) < 4.78 is 1.11. The molecule has 0 saturated heterocycles. The lowest BCUT2D eigenvalue weighted by molar-refractivity contribution is -0.110. The van der Waals surface area contributed by atoms with Gasteiger partial charge in [0, 0.05) is 22.2 Å². The fourth-order valence-electron chi connectivity index (χ4n) is 2.62. The molecule has 3 aromatic rings. The third-order valence-electron chi connectivity index (χ3n) is 3.81. The lowest BCUT2D eigenvalue weighted by Gasteiger charge is -2.04. The highest BCUT2D eigenvalue weighted by Crippen LogP contribution is 2.38. The number of benzene rings is 1. The molecule has 4 nitrogen and oxygen atoms in total. The van der Waals surface area contributed by atoms with Gasteiger partial charge in [0.05, 0.1) is 14.5 Å². The van der Waals surface area contributed by atoms with Crippen LogP contribution in [0.4, 0.5) is 5.82 Å². The van der Waals surface area contributed by atoms with Crippen molar-refractivity contribution in [3.8, 4) is 16.2 Å². The summed E-state index contributed by atoms with van der Waals surface area (Å²) in [6.07, 6.45) is 3.55. The summed E-state index contributed by atoms with van der Waals surface area (Å²) >= 11 is 8.25. The molecule has 124 valence electrons. The van der Waals surface area contributed by atoms with E-state index in [0.29, 0.717) is 20.3 Å². The molecule has 0 fully saturated rings. The molecule has 2 N–H and O–H groups in total. The molecule has 25 heavy (non-hydrogen) atoms. The Kier molecular flexibility index (Phi) is 4.23. The van der Waals surface area contributed by atoms with Crippen molar-refractivity contribution in [1.82, 2.24) is 4.98 Å². The standard InChI is InChI=1S/C18H10Br2N2O2S/c19-13-5-9(6-14(20)16(13)23)4-12-11-7-10(15-2-1-3-25-15)8-21-17(11)22-18(12)24/h1-8,23H,(H,21,22,24). The van der Waals surface area contributed by atoms with Gasteiger partial charge in [-0.15, -0.1) is 11.3 Å². The van der Waals surface area contributed by atoms with Gasteiger partial charge in [0.25, 0.3) is 5.91 Å². The van der Waals surface area contributed by atoms with Crippen molar-refractivity contribution in [2.24, 2.45) is 0 Å². The predicted octanol–water partition coefficient (Wildman–Crippen LogP) is 5.53. The first-order chi connectivity index (χ1) is 12.0. The summed E-state index contributed by atoms with van der Waals surface area (Å²) in [5.74, 6) is 0.500. The maximum Gasteiger partial charge on any atom is 0.257 e. The van der Waals surface area contributed by atoms with Crippen LogP contribution in [0.2, 0.25) is 0 Å². The fraction of sp³-hybridized carbons (Fsp3) is 0. The number of hydrogen-bond acceptors (Lipinski definition) is 4. The topological polar surface area (TPSA) is 62.2 Å². The predicted molar refractivity (Wildman–Crippen MR) is 108 cm³/mol. The van der Waals surface area contributed by atoms with Gasteiger partial charge in [-0.1, -0.05) is 6.07 Å². The number of anilines is 1. The van der Waals surface area contributed by atoms with E-state index in [1.807, 2.05) is 23.6 Å². The van der Waals surface area contributed by atoms with E-state index >= 15 is 0 Å². The minimum absolute atomic E-state index is 0.125. The molecule has 0 unspecified atom stereocenters. The molecule has 1 amide bonds. The van der Waals surface area contributed by atoms with Gasteiger partial charge in [-0.2, -0.15) is 0 Å². The second-order valence-electron chi connectivity index (χ2n) is 5.44. The summed E-state index contributed by atoms with van der Waals surface area (Å²) in [6.45, 7) is 0. The number of carbonyl (C=O) groups is 1. The molecule has 1 aliphatic heterocycles. The number of aromatic hydroxyl groups is 1. The summed E-state index contributed by atoms with van der Waals surface area (Å²) in [5.41, 5.74) is 3.09. The van der Waals surface area contributed by atoms with Crippen molar-refractivity contribution in [2.45, 2.75) is 0 Å². The summed E-state index contributed by atoms with van der Waals surface area (Å²) in [4.78, 5) is 17.9. The number of pyridine rings is 1. The molecule has 4 rings (SSSR count). The van der Waals surface area contributed by atoms with Crippen molar-refractivity contribution >= 4 is 66.6 Å². The molecule has 0 spiro atoms. The molecular weight excluding hydrogens is 468 g/mol. The van der Waals surface area contributed by atoms with Crippen LogP contribution in [0.25, 0.3) is 22.1 Å². The number of fused-ring (bicyclic) bond motifs is 1. The number of carbonyl (C=O) groups excluding carboxylic acids is 1. The SMILES string of the molecule is O=C1Nc2ncc(-c3cccs3)cc2C1=Cc1cc(Br)c(O)c(Br)c1. The molecule has 0 radical (unpaired) electrons. The Morgan fingerprint density at radius 3 is 2.64 bits per heavy atom. The molecule has 0 saturated carbocycles. The Morgan fingerprint density at radius 1 is 1.20 bits per heavy atom. The highest BCUT2D eigenvalue weighted by molar-refractivity contribution is 9.11. The second-order valence-corrected chi connectivity index (χ2v) is 8.10. The van der Waals surface area contributed by atoms with Crippen molar-refractivity contribution in [1.29, 1.82) is 0 Å². The maximum atomic E-state index is 12.4. The van der Waals surface area contributed by atoms with Gasteiger partial charge in [-0.25, -0.2) is 4.98 Å². The zero-order chi connectivity index (χ0) is 17.6. The fourth-order valence-corrected chi connectivity index (χ4v) is 4.55. The zero-order valence-electron chi connectivity index (χ0n) is 12.6. The Balaban J connectivity index is 1.82. The highest BCUT2D eigenvalue weighted by atomic mass is 79.9. The van der Waals surface area contributed by atoms with Crippen molar-refractivity contribution in [3.05, 3.63) is 62.0 Å². The zero-order valence-corrected chi connectivity index (χ0v) is 16.6. The second kappa shape index (κ2) is 6.40. The average molecular weight is 478 g/mol. The molecule has 7 heteroatoms. The normalized spacial score (nSPS) is 14.6. The van der Waals surface area contributed by atoms with Gasteiger partial charge in [0.2, 0.25) is 0 Å². The van der Waals surface area contributed by atoms with Crippen LogP contribution in [0.15, 0.2) is 50.9 Å². The number of nitrogens with zero attached hydrogens (tertiary/aromatic N) is 1. The average Bonchev–Trinajstić information content (AvgIpc) is 3.21. The van der Waals surface area contributed by atoms with Gasteiger partial charge < -0.3 is 10.4 Å². The van der Waals surface area contributed by atoms with Crippen molar-refractivity contribution in [3.63, 3.8) is 0 Å². The molecule has 2 aromatic heterocycles. The van der Waals surface area contributed by atoms with E-state index in [1.54, 1.807) is 35.7 Å². The highest BCUT2D eigenvalue weighted by Gasteiger charge is 2.26. The quantitative estimate of drug-likeness (QED) is 0.476. The van der Waals surface area contributed by atoms with Crippen LogP contribution < -0.4 is 5.32 Å². The maximum absolute atomic E-state index is 12.4. The smallest absolute Gasteiger partial charge is 0.257 e. The van der Waals surface area contributed by atoms with Crippen LogP contribution in [-0.2, 0) is 4.79 Å². The van der Waals surface area contributed by atoms with Gasteiger partial charge >= 0.3 is 0 Å². The number of phenolic OH excluding ortho intramolecular Hbond substituents is 1. The van der Waals surface area contributed by atoms with Crippen molar-refractivity contribution < 1.29 is 9.90 Å². The van der Waals surface area contributed by atoms with Crippen LogP contribution >= 0.6 is 43.2 Å². The molecule has 1 aliphatic rings. The van der Waals surface area contributed by atoms with Gasteiger partial charge in [-0.05, 0) is 73.1 Å². The van der Waals surface area contributed by atoms with Gasteiger partial charge in [0.15, 0.2) is 0 Å². The van der Waals surface area contributed by atoms with Crippen molar-refractivity contribution in [2.75, 3.05) is 5.32 Å². The Morgan fingerprint density at radius 2 is 1.96 bits per heavy atom. The molecular formula is C18H10Br2N2O2S. The number of aromatic nitrogens is 1. The number of nitrogens with one attached hydrogen (secondary N) is 1. The first-order valence-corrected chi connectivity index (χ1v) is 9.75. The molecule has 0 aliphatic carbocycles. The van der Waals surface area contributed by atoms with Crippen LogP contribution in [0.3, 0.4) is 0 Å². The molecule has 0 bridgehead atoms. The van der Waals surface area contributed by atoms with Crippen LogP contribution in [0.5, 0.6) is 5.75 Å². The first-order valence-electron chi connectivity index (χ1n) is 7.28. The van der Waals surface area contributed by atoms with E-state index in [1.165, 1.54) is 0 Å². The summed E-state index contributed by atoms with van der Waals surface area (Å²) in [5, 5.41) is 14.6. The molecule has 0 atom stereocenters. The number of thiophene rings is 1. The number of phenols is 1. The summed E-state index contributed by atoms with van der Waals surface area (Å²) in [7, 11) is 0. The van der Waals surface area contributed by atoms with Crippen LogP contribution in [0, 0.1) is 0 Å². The number of rotatable bonds is 2. The third kappa shape index (κ3) is 3.03. The number of amides is 1. The van der Waals surface area contributed by atoms with Gasteiger partial charge in [-0.3, -0.25) is 4.79 Å². The number of hydrogen-bond donors (Lipinski definition) is 2. The Bertz CT molecular complexity index is 1010. The lowest BCUT2D eigenvalue weighted by Crippen LogP contribution is -2.04. The monoisotopic (exact) mass is 476 g/mol. The largest absolute Gasteiger partial charge is 0.506 e.